The van der Waals surface area contributed by atoms with E-state index >= 15 is 0 Å². The Labute approximate surface area is 169 Å². The summed E-state index contributed by atoms with van der Waals surface area (Å²) in [5.74, 6) is 1.19. The van der Waals surface area contributed by atoms with Crippen LogP contribution in [0.5, 0.6) is 0 Å². The Morgan fingerprint density at radius 2 is 2.07 bits per heavy atom. The lowest BCUT2D eigenvalue weighted by molar-refractivity contribution is -0.121. The smallest absolute Gasteiger partial charge is 0.252 e. The standard InChI is InChI=1S/C22H27N5O2/c1-14-7-9-27(10-8-14)22-25-19(12-21(29)26-22)15(2)24-20(28)11-16-13-23-18-6-4-3-5-17(16)18/h3-6,12-15,23H,7-11H2,1-2H3,(H,24,28)(H,25,26,29). The van der Waals surface area contributed by atoms with Crippen LogP contribution in [-0.4, -0.2) is 33.9 Å². The van der Waals surface area contributed by atoms with Crippen molar-refractivity contribution in [2.75, 3.05) is 18.0 Å². The molecule has 0 saturated carbocycles. The largest absolute Gasteiger partial charge is 0.361 e. The fraction of sp³-hybridized carbons (Fsp3) is 0.409. The topological polar surface area (TPSA) is 93.9 Å². The highest BCUT2D eigenvalue weighted by Gasteiger charge is 2.20. The summed E-state index contributed by atoms with van der Waals surface area (Å²) in [6.45, 7) is 5.87. The number of piperidine rings is 1. The van der Waals surface area contributed by atoms with Crippen LogP contribution in [0.4, 0.5) is 5.95 Å². The van der Waals surface area contributed by atoms with Gasteiger partial charge in [0.15, 0.2) is 0 Å². The lowest BCUT2D eigenvalue weighted by Gasteiger charge is -2.31. The van der Waals surface area contributed by atoms with E-state index in [-0.39, 0.29) is 23.9 Å². The molecule has 0 bridgehead atoms. The number of carbonyl (C=O) groups is 1. The Hall–Kier alpha value is -3.09. The number of nitrogens with zero attached hydrogens (tertiary/aromatic N) is 2. The van der Waals surface area contributed by atoms with Gasteiger partial charge in [0.25, 0.3) is 5.56 Å². The van der Waals surface area contributed by atoms with E-state index in [1.807, 2.05) is 37.4 Å². The number of hydrogen-bond acceptors (Lipinski definition) is 4. The molecule has 1 amide bonds. The zero-order valence-corrected chi connectivity index (χ0v) is 16.9. The first-order valence-corrected chi connectivity index (χ1v) is 10.2. The highest BCUT2D eigenvalue weighted by molar-refractivity contribution is 5.88. The van der Waals surface area contributed by atoms with Gasteiger partial charge in [-0.15, -0.1) is 0 Å². The molecule has 2 aromatic heterocycles. The summed E-state index contributed by atoms with van der Waals surface area (Å²) in [6.07, 6.45) is 4.32. The highest BCUT2D eigenvalue weighted by atomic mass is 16.1. The molecule has 3 heterocycles. The maximum Gasteiger partial charge on any atom is 0.252 e. The molecule has 0 radical (unpaired) electrons. The van der Waals surface area contributed by atoms with Crippen molar-refractivity contribution in [3.63, 3.8) is 0 Å². The minimum Gasteiger partial charge on any atom is -0.361 e. The van der Waals surface area contributed by atoms with Gasteiger partial charge in [-0.05, 0) is 37.3 Å². The second-order valence-electron chi connectivity index (χ2n) is 7.99. The predicted molar refractivity (Wildman–Crippen MR) is 114 cm³/mol. The van der Waals surface area contributed by atoms with Crippen molar-refractivity contribution in [1.82, 2.24) is 20.3 Å². The lowest BCUT2D eigenvalue weighted by Crippen LogP contribution is -2.36. The summed E-state index contributed by atoms with van der Waals surface area (Å²) in [6, 6.07) is 9.03. The summed E-state index contributed by atoms with van der Waals surface area (Å²) in [5.41, 5.74) is 2.35. The van der Waals surface area contributed by atoms with Crippen molar-refractivity contribution in [2.24, 2.45) is 5.92 Å². The summed E-state index contributed by atoms with van der Waals surface area (Å²) in [4.78, 5) is 37.5. The molecule has 4 rings (SSSR count). The van der Waals surface area contributed by atoms with E-state index in [4.69, 9.17) is 0 Å². The Morgan fingerprint density at radius 1 is 1.31 bits per heavy atom. The van der Waals surface area contributed by atoms with Gasteiger partial charge in [-0.2, -0.15) is 0 Å². The number of nitrogens with one attached hydrogen (secondary N) is 3. The molecule has 29 heavy (non-hydrogen) atoms. The van der Waals surface area contributed by atoms with E-state index < -0.39 is 0 Å². The molecule has 3 N–H and O–H groups in total. The maximum atomic E-state index is 12.6. The van der Waals surface area contributed by atoms with Crippen LogP contribution in [0.3, 0.4) is 0 Å². The van der Waals surface area contributed by atoms with E-state index in [1.165, 1.54) is 6.07 Å². The Kier molecular flexibility index (Phi) is 5.38. The number of H-pyrrole nitrogens is 2. The summed E-state index contributed by atoms with van der Waals surface area (Å²) < 4.78 is 0. The van der Waals surface area contributed by atoms with E-state index in [0.29, 0.717) is 17.6 Å². The third-order valence-electron chi connectivity index (χ3n) is 5.68. The molecule has 152 valence electrons. The highest BCUT2D eigenvalue weighted by Crippen LogP contribution is 2.21. The van der Waals surface area contributed by atoms with Gasteiger partial charge in [-0.25, -0.2) is 4.98 Å². The summed E-state index contributed by atoms with van der Waals surface area (Å²) >= 11 is 0. The second kappa shape index (κ2) is 8.11. The van der Waals surface area contributed by atoms with E-state index in [0.717, 1.165) is 42.4 Å². The van der Waals surface area contributed by atoms with E-state index in [2.05, 4.69) is 32.1 Å². The van der Waals surface area contributed by atoms with Gasteiger partial charge in [0.2, 0.25) is 11.9 Å². The SMILES string of the molecule is CC1CCN(c2nc(C(C)NC(=O)Cc3c[nH]c4ccccc34)cc(=O)[nH]2)CC1. The molecular weight excluding hydrogens is 366 g/mol. The number of benzene rings is 1. The second-order valence-corrected chi connectivity index (χ2v) is 7.99. The van der Waals surface area contributed by atoms with Gasteiger partial charge in [0, 0.05) is 36.3 Å². The molecule has 1 saturated heterocycles. The molecule has 1 aliphatic rings. The number of aromatic nitrogens is 3. The zero-order valence-electron chi connectivity index (χ0n) is 16.9. The van der Waals surface area contributed by atoms with Crippen molar-refractivity contribution >= 4 is 22.8 Å². The predicted octanol–water partition coefficient (Wildman–Crippen LogP) is 2.91. The normalized spacial score (nSPS) is 16.1. The minimum atomic E-state index is -0.350. The molecule has 1 atom stereocenters. The van der Waals surface area contributed by atoms with Crippen LogP contribution in [0.1, 0.15) is 44.0 Å². The number of amides is 1. The summed E-state index contributed by atoms with van der Waals surface area (Å²) in [7, 11) is 0. The molecule has 1 fully saturated rings. The van der Waals surface area contributed by atoms with Crippen molar-refractivity contribution in [1.29, 1.82) is 0 Å². The van der Waals surface area contributed by atoms with Crippen LogP contribution >= 0.6 is 0 Å². The van der Waals surface area contributed by atoms with Gasteiger partial charge in [0.05, 0.1) is 18.2 Å². The number of hydrogen-bond donors (Lipinski definition) is 3. The average Bonchev–Trinajstić information content (AvgIpc) is 3.11. The van der Waals surface area contributed by atoms with Crippen LogP contribution in [-0.2, 0) is 11.2 Å². The monoisotopic (exact) mass is 393 g/mol. The van der Waals surface area contributed by atoms with Gasteiger partial charge >= 0.3 is 0 Å². The van der Waals surface area contributed by atoms with Crippen molar-refractivity contribution in [3.8, 4) is 0 Å². The third-order valence-corrected chi connectivity index (χ3v) is 5.68. The van der Waals surface area contributed by atoms with E-state index in [1.54, 1.807) is 0 Å². The first kappa shape index (κ1) is 19.2. The minimum absolute atomic E-state index is 0.0994. The zero-order chi connectivity index (χ0) is 20.4. The number of fused-ring (bicyclic) bond motifs is 1. The van der Waals surface area contributed by atoms with Crippen LogP contribution in [0.2, 0.25) is 0 Å². The molecule has 1 aromatic carbocycles. The molecule has 3 aromatic rings. The van der Waals surface area contributed by atoms with Gasteiger partial charge in [-0.3, -0.25) is 14.6 Å². The number of aromatic amines is 2. The quantitative estimate of drug-likeness (QED) is 0.621. The summed E-state index contributed by atoms with van der Waals surface area (Å²) in [5, 5.41) is 4.02. The number of anilines is 1. The van der Waals surface area contributed by atoms with Gasteiger partial charge < -0.3 is 15.2 Å². The van der Waals surface area contributed by atoms with Crippen molar-refractivity contribution in [2.45, 2.75) is 39.2 Å². The van der Waals surface area contributed by atoms with Crippen LogP contribution in [0.25, 0.3) is 10.9 Å². The van der Waals surface area contributed by atoms with Crippen LogP contribution < -0.4 is 15.8 Å². The third kappa shape index (κ3) is 4.34. The molecule has 7 heteroatoms. The number of para-hydroxylation sites is 1. The first-order chi connectivity index (χ1) is 14.0. The lowest BCUT2D eigenvalue weighted by atomic mass is 10.00. The van der Waals surface area contributed by atoms with Gasteiger partial charge in [-0.1, -0.05) is 25.1 Å². The molecular formula is C22H27N5O2. The van der Waals surface area contributed by atoms with Crippen molar-refractivity contribution in [3.05, 3.63) is 58.1 Å². The fourth-order valence-corrected chi connectivity index (χ4v) is 3.87. The van der Waals surface area contributed by atoms with Gasteiger partial charge in [0.1, 0.15) is 0 Å². The number of rotatable bonds is 5. The first-order valence-electron chi connectivity index (χ1n) is 10.2. The average molecular weight is 393 g/mol. The fourth-order valence-electron chi connectivity index (χ4n) is 3.87. The van der Waals surface area contributed by atoms with E-state index in [9.17, 15) is 9.59 Å². The maximum absolute atomic E-state index is 12.6. The molecule has 0 aliphatic carbocycles. The van der Waals surface area contributed by atoms with Crippen molar-refractivity contribution < 1.29 is 4.79 Å². The Bertz CT molecular complexity index is 1060. The Balaban J connectivity index is 1.45. The molecule has 1 unspecified atom stereocenters. The molecule has 7 nitrogen and oxygen atoms in total. The molecule has 1 aliphatic heterocycles. The van der Waals surface area contributed by atoms with Crippen LogP contribution in [0.15, 0.2) is 41.3 Å². The Morgan fingerprint density at radius 3 is 2.86 bits per heavy atom. The number of carbonyl (C=O) groups excluding carboxylic acids is 1. The molecule has 0 spiro atoms. The van der Waals surface area contributed by atoms with Crippen LogP contribution in [0, 0.1) is 5.92 Å².